The van der Waals surface area contributed by atoms with E-state index in [1.807, 2.05) is 48.7 Å². The van der Waals surface area contributed by atoms with Crippen molar-refractivity contribution < 1.29 is 14.6 Å². The smallest absolute Gasteiger partial charge is 0.343 e. The summed E-state index contributed by atoms with van der Waals surface area (Å²) in [6.07, 6.45) is 5.64. The lowest BCUT2D eigenvalue weighted by atomic mass is 10.1. The zero-order valence-corrected chi connectivity index (χ0v) is 14.4. The molecule has 0 bridgehead atoms. The maximum Gasteiger partial charge on any atom is 0.343 e. The number of hydrogen-bond donors (Lipinski definition) is 1. The van der Waals surface area contributed by atoms with Gasteiger partial charge in [-0.1, -0.05) is 35.9 Å². The third-order valence-electron chi connectivity index (χ3n) is 3.14. The molecule has 0 heterocycles. The van der Waals surface area contributed by atoms with Crippen LogP contribution in [0.4, 0.5) is 0 Å². The summed E-state index contributed by atoms with van der Waals surface area (Å²) in [5, 5.41) is 10.9. The Hall–Kier alpha value is -1.91. The molecule has 0 atom stereocenters. The number of aromatic hydroxyl groups is 1. The van der Waals surface area contributed by atoms with E-state index in [1.165, 1.54) is 11.8 Å². The van der Waals surface area contributed by atoms with Gasteiger partial charge in [0.25, 0.3) is 0 Å². The lowest BCUT2D eigenvalue weighted by molar-refractivity contribution is 0.0519. The third kappa shape index (κ3) is 4.53. The minimum absolute atomic E-state index is 0.0777. The Kier molecular flexibility index (Phi) is 6.13. The first-order valence-corrected chi connectivity index (χ1v) is 8.67. The Morgan fingerprint density at radius 1 is 1.22 bits per heavy atom. The first-order chi connectivity index (χ1) is 11.0. The number of benzene rings is 2. The van der Waals surface area contributed by atoms with Gasteiger partial charge >= 0.3 is 5.97 Å². The fourth-order valence-corrected chi connectivity index (χ4v) is 2.83. The Balaban J connectivity index is 2.32. The van der Waals surface area contributed by atoms with E-state index in [9.17, 15) is 9.90 Å². The lowest BCUT2D eigenvalue weighted by Crippen LogP contribution is -2.06. The van der Waals surface area contributed by atoms with Gasteiger partial charge in [-0.15, -0.1) is 11.8 Å². The summed E-state index contributed by atoms with van der Waals surface area (Å²) in [6, 6.07) is 10.8. The Labute approximate surface area is 144 Å². The Bertz CT molecular complexity index is 724. The highest BCUT2D eigenvalue weighted by Gasteiger charge is 2.18. The van der Waals surface area contributed by atoms with Crippen molar-refractivity contribution in [2.24, 2.45) is 0 Å². The van der Waals surface area contributed by atoms with Gasteiger partial charge in [0.2, 0.25) is 0 Å². The van der Waals surface area contributed by atoms with Gasteiger partial charge in [-0.3, -0.25) is 0 Å². The number of carbonyl (C=O) groups is 1. The summed E-state index contributed by atoms with van der Waals surface area (Å²) in [6.45, 7) is 2.00. The first kappa shape index (κ1) is 17.4. The van der Waals surface area contributed by atoms with E-state index in [4.69, 9.17) is 16.3 Å². The van der Waals surface area contributed by atoms with Crippen LogP contribution in [0.3, 0.4) is 0 Å². The van der Waals surface area contributed by atoms with Crippen molar-refractivity contribution in [1.29, 1.82) is 0 Å². The SMILES string of the molecule is CCOC(=O)c1c(O)cc(/C=C/c2ccc(Cl)cc2)cc1SC. The fraction of sp³-hybridized carbons (Fsp3) is 0.167. The molecule has 0 aliphatic carbocycles. The molecule has 0 spiro atoms. The van der Waals surface area contributed by atoms with Gasteiger partial charge in [0.1, 0.15) is 11.3 Å². The van der Waals surface area contributed by atoms with Gasteiger partial charge in [-0.25, -0.2) is 4.79 Å². The van der Waals surface area contributed by atoms with Crippen molar-refractivity contribution in [3.05, 3.63) is 58.1 Å². The van der Waals surface area contributed by atoms with Crippen LogP contribution < -0.4 is 0 Å². The number of hydrogen-bond acceptors (Lipinski definition) is 4. The highest BCUT2D eigenvalue weighted by molar-refractivity contribution is 7.98. The predicted molar refractivity (Wildman–Crippen MR) is 96.2 cm³/mol. The second-order valence-electron chi connectivity index (χ2n) is 4.72. The van der Waals surface area contributed by atoms with Crippen LogP contribution in [0.1, 0.15) is 28.4 Å². The van der Waals surface area contributed by atoms with E-state index >= 15 is 0 Å². The quantitative estimate of drug-likeness (QED) is 0.463. The highest BCUT2D eigenvalue weighted by Crippen LogP contribution is 2.31. The standard InChI is InChI=1S/C18H17ClO3S/c1-3-22-18(21)17-15(20)10-13(11-16(17)23-2)5-4-12-6-8-14(19)9-7-12/h4-11,20H,3H2,1-2H3/b5-4+. The molecule has 2 aromatic carbocycles. The molecule has 0 unspecified atom stereocenters. The molecule has 1 N–H and O–H groups in total. The van der Waals surface area contributed by atoms with Crippen LogP contribution in [0.2, 0.25) is 5.02 Å². The van der Waals surface area contributed by atoms with Crippen LogP contribution in [-0.4, -0.2) is 23.9 Å². The van der Waals surface area contributed by atoms with E-state index in [-0.39, 0.29) is 17.9 Å². The molecule has 0 aliphatic rings. The van der Waals surface area contributed by atoms with Crippen LogP contribution >= 0.6 is 23.4 Å². The van der Waals surface area contributed by atoms with Crippen molar-refractivity contribution in [3.8, 4) is 5.75 Å². The average Bonchev–Trinajstić information content (AvgIpc) is 2.53. The second kappa shape index (κ2) is 8.09. The summed E-state index contributed by atoms with van der Waals surface area (Å²) in [5.41, 5.74) is 2.01. The van der Waals surface area contributed by atoms with E-state index in [1.54, 1.807) is 13.0 Å². The molecule has 0 aliphatic heterocycles. The molecule has 0 saturated heterocycles. The van der Waals surface area contributed by atoms with Crippen molar-refractivity contribution >= 4 is 41.5 Å². The van der Waals surface area contributed by atoms with Crippen molar-refractivity contribution in [1.82, 2.24) is 0 Å². The first-order valence-electron chi connectivity index (χ1n) is 7.07. The summed E-state index contributed by atoms with van der Waals surface area (Å²) in [4.78, 5) is 12.6. The summed E-state index contributed by atoms with van der Waals surface area (Å²) >= 11 is 7.25. The molecular formula is C18H17ClO3S. The lowest BCUT2D eigenvalue weighted by Gasteiger charge is -2.10. The molecule has 120 valence electrons. The van der Waals surface area contributed by atoms with E-state index in [0.29, 0.717) is 9.92 Å². The number of halogens is 1. The number of phenolic OH excluding ortho intramolecular Hbond substituents is 1. The van der Waals surface area contributed by atoms with Crippen LogP contribution in [0, 0.1) is 0 Å². The predicted octanol–water partition coefficient (Wildman–Crippen LogP) is 5.11. The van der Waals surface area contributed by atoms with Gasteiger partial charge in [-0.05, 0) is 48.6 Å². The van der Waals surface area contributed by atoms with Gasteiger partial charge in [0, 0.05) is 9.92 Å². The average molecular weight is 349 g/mol. The zero-order chi connectivity index (χ0) is 16.8. The van der Waals surface area contributed by atoms with Crippen LogP contribution in [0.15, 0.2) is 41.3 Å². The topological polar surface area (TPSA) is 46.5 Å². The Morgan fingerprint density at radius 3 is 2.48 bits per heavy atom. The largest absolute Gasteiger partial charge is 0.507 e. The Morgan fingerprint density at radius 2 is 1.87 bits per heavy atom. The molecule has 2 aromatic rings. The number of phenols is 1. The van der Waals surface area contributed by atoms with Gasteiger partial charge < -0.3 is 9.84 Å². The van der Waals surface area contributed by atoms with E-state index < -0.39 is 5.97 Å². The summed E-state index contributed by atoms with van der Waals surface area (Å²) < 4.78 is 4.99. The molecule has 3 nitrogen and oxygen atoms in total. The van der Waals surface area contributed by atoms with Crippen LogP contribution in [-0.2, 0) is 4.74 Å². The normalized spacial score (nSPS) is 10.9. The van der Waals surface area contributed by atoms with Gasteiger partial charge in [0.05, 0.1) is 6.61 Å². The number of ether oxygens (including phenoxy) is 1. The van der Waals surface area contributed by atoms with Crippen molar-refractivity contribution in [2.45, 2.75) is 11.8 Å². The number of thioether (sulfide) groups is 1. The maximum absolute atomic E-state index is 11.9. The monoisotopic (exact) mass is 348 g/mol. The molecule has 5 heteroatoms. The minimum atomic E-state index is -0.511. The molecule has 0 amide bonds. The van der Waals surface area contributed by atoms with Crippen molar-refractivity contribution in [3.63, 3.8) is 0 Å². The molecule has 2 rings (SSSR count). The van der Waals surface area contributed by atoms with Gasteiger partial charge in [0.15, 0.2) is 0 Å². The van der Waals surface area contributed by atoms with Crippen molar-refractivity contribution in [2.75, 3.05) is 12.9 Å². The van der Waals surface area contributed by atoms with Crippen LogP contribution in [0.25, 0.3) is 12.2 Å². The van der Waals surface area contributed by atoms with Crippen LogP contribution in [0.5, 0.6) is 5.75 Å². The number of carbonyl (C=O) groups excluding carboxylic acids is 1. The van der Waals surface area contributed by atoms with E-state index in [0.717, 1.165) is 11.1 Å². The highest BCUT2D eigenvalue weighted by atomic mass is 35.5. The molecule has 23 heavy (non-hydrogen) atoms. The number of rotatable bonds is 5. The molecule has 0 aromatic heterocycles. The fourth-order valence-electron chi connectivity index (χ4n) is 2.05. The molecule has 0 radical (unpaired) electrons. The van der Waals surface area contributed by atoms with E-state index in [2.05, 4.69) is 0 Å². The zero-order valence-electron chi connectivity index (χ0n) is 12.9. The minimum Gasteiger partial charge on any atom is -0.507 e. The van der Waals surface area contributed by atoms with Gasteiger partial charge in [-0.2, -0.15) is 0 Å². The molecule has 0 fully saturated rings. The number of esters is 1. The molecular weight excluding hydrogens is 332 g/mol. The molecule has 0 saturated carbocycles. The summed E-state index contributed by atoms with van der Waals surface area (Å²) in [7, 11) is 0. The summed E-state index contributed by atoms with van der Waals surface area (Å²) in [5.74, 6) is -0.589. The second-order valence-corrected chi connectivity index (χ2v) is 6.01. The third-order valence-corrected chi connectivity index (χ3v) is 4.16. The maximum atomic E-state index is 11.9.